The van der Waals surface area contributed by atoms with E-state index in [1.54, 1.807) is 67.9 Å². The minimum Gasteiger partial charge on any atom is -0.506 e. The number of methoxy groups -OCH3 is 2. The highest BCUT2D eigenvalue weighted by molar-refractivity contribution is 6.36. The molecular weight excluding hydrogens is 705 g/mol. The van der Waals surface area contributed by atoms with Gasteiger partial charge in [-0.15, -0.1) is 0 Å². The van der Waals surface area contributed by atoms with Crippen LogP contribution in [0, 0.1) is 5.92 Å². The largest absolute Gasteiger partial charge is 0.506 e. The molecule has 3 aromatic rings. The van der Waals surface area contributed by atoms with Crippen LogP contribution in [0.3, 0.4) is 0 Å². The number of phenols is 1. The van der Waals surface area contributed by atoms with Crippen LogP contribution >= 0.6 is 34.8 Å². The summed E-state index contributed by atoms with van der Waals surface area (Å²) in [5.41, 5.74) is 2.63. The zero-order valence-electron chi connectivity index (χ0n) is 27.7. The second kappa shape index (κ2) is 15.9. The fourth-order valence-electron chi connectivity index (χ4n) is 6.56. The molecule has 3 saturated heterocycles. The molecule has 0 spiro atoms. The number of nitrogens with one attached hydrogen (secondary N) is 1. The Bertz CT molecular complexity index is 1790. The van der Waals surface area contributed by atoms with Gasteiger partial charge in [0.25, 0.3) is 0 Å². The predicted molar refractivity (Wildman–Crippen MR) is 192 cm³/mol. The van der Waals surface area contributed by atoms with Crippen LogP contribution in [0.1, 0.15) is 46.9 Å². The molecule has 0 radical (unpaired) electrons. The van der Waals surface area contributed by atoms with E-state index in [-0.39, 0.29) is 29.8 Å². The van der Waals surface area contributed by atoms with E-state index in [9.17, 15) is 14.7 Å². The fourth-order valence-corrected chi connectivity index (χ4v) is 7.36. The first-order valence-corrected chi connectivity index (χ1v) is 17.4. The third kappa shape index (κ3) is 7.94. The number of ether oxygens (including phenoxy) is 4. The number of amides is 1. The monoisotopic (exact) mass is 741 g/mol. The highest BCUT2D eigenvalue weighted by Gasteiger charge is 2.38. The average Bonchev–Trinajstić information content (AvgIpc) is 3.13. The van der Waals surface area contributed by atoms with Gasteiger partial charge < -0.3 is 29.4 Å². The summed E-state index contributed by atoms with van der Waals surface area (Å²) in [6, 6.07) is 16.8. The molecule has 0 aromatic heterocycles. The third-order valence-corrected chi connectivity index (χ3v) is 10.5. The number of dihydropyridines is 1. The van der Waals surface area contributed by atoms with Crippen molar-refractivity contribution in [2.24, 2.45) is 5.92 Å². The topological polar surface area (TPSA) is 110 Å². The average molecular weight is 743 g/mol. The molecule has 4 heterocycles. The molecule has 3 fully saturated rings. The van der Waals surface area contributed by atoms with E-state index in [1.807, 2.05) is 0 Å². The number of rotatable bonds is 11. The molecule has 0 unspecified atom stereocenters. The Hall–Kier alpha value is -4.09. The molecule has 50 heavy (non-hydrogen) atoms. The third-order valence-electron chi connectivity index (χ3n) is 9.37. The van der Waals surface area contributed by atoms with Gasteiger partial charge in [0.1, 0.15) is 23.0 Å². The van der Waals surface area contributed by atoms with Gasteiger partial charge in [-0.25, -0.2) is 9.59 Å². The maximum Gasteiger partial charge on any atom is 0.414 e. The lowest BCUT2D eigenvalue weighted by molar-refractivity contribution is -0.0311. The predicted octanol–water partition coefficient (Wildman–Crippen LogP) is 7.76. The Balaban J connectivity index is 1.22. The number of carbonyl (C=O) groups is 2. The molecule has 3 aromatic carbocycles. The van der Waals surface area contributed by atoms with E-state index < -0.39 is 18.2 Å². The summed E-state index contributed by atoms with van der Waals surface area (Å²) >= 11 is 19.5. The molecule has 4 aliphatic heterocycles. The van der Waals surface area contributed by atoms with Crippen molar-refractivity contribution >= 4 is 52.6 Å². The maximum atomic E-state index is 13.7. The van der Waals surface area contributed by atoms with E-state index in [4.69, 9.17) is 53.8 Å². The molecule has 1 amide bonds. The Morgan fingerprint density at radius 3 is 2.40 bits per heavy atom. The van der Waals surface area contributed by atoms with Crippen LogP contribution < -0.4 is 19.7 Å². The van der Waals surface area contributed by atoms with Crippen molar-refractivity contribution in [2.75, 3.05) is 45.3 Å². The molecule has 4 aliphatic rings. The number of hydrogen-bond donors (Lipinski definition) is 2. The summed E-state index contributed by atoms with van der Waals surface area (Å²) in [6.45, 7) is 3.20. The number of esters is 1. The van der Waals surface area contributed by atoms with E-state index >= 15 is 0 Å². The van der Waals surface area contributed by atoms with Gasteiger partial charge in [-0.05, 0) is 84.9 Å². The molecule has 264 valence electrons. The lowest BCUT2D eigenvalue weighted by atomic mass is 9.86. The van der Waals surface area contributed by atoms with Crippen LogP contribution in [0.2, 0.25) is 5.02 Å². The molecule has 10 nitrogen and oxygen atoms in total. The maximum absolute atomic E-state index is 13.7. The van der Waals surface area contributed by atoms with Crippen molar-refractivity contribution in [3.8, 4) is 17.2 Å². The number of carbonyl (C=O) groups excluding carboxylic acids is 2. The van der Waals surface area contributed by atoms with Gasteiger partial charge in [-0.3, -0.25) is 9.80 Å². The fraction of sp³-hybridized carbons (Fsp3) is 0.351. The minimum atomic E-state index is -0.768. The van der Waals surface area contributed by atoms with Crippen LogP contribution in [0.4, 0.5) is 10.5 Å². The lowest BCUT2D eigenvalue weighted by Crippen LogP contribution is -2.53. The molecule has 7 rings (SSSR count). The van der Waals surface area contributed by atoms with Crippen molar-refractivity contribution in [2.45, 2.75) is 38.0 Å². The highest BCUT2D eigenvalue weighted by atomic mass is 35.5. The van der Waals surface area contributed by atoms with Crippen molar-refractivity contribution in [3.63, 3.8) is 0 Å². The van der Waals surface area contributed by atoms with Gasteiger partial charge >= 0.3 is 12.1 Å². The normalized spacial score (nSPS) is 20.3. The number of allylic oxidation sites excluding steroid dienone is 1. The summed E-state index contributed by atoms with van der Waals surface area (Å²) in [5.74, 6) is 0.600. The lowest BCUT2D eigenvalue weighted by Gasteiger charge is -2.44. The summed E-state index contributed by atoms with van der Waals surface area (Å²) < 4.78 is 23.0. The van der Waals surface area contributed by atoms with Crippen LogP contribution in [0.5, 0.6) is 17.2 Å². The number of halogens is 3. The van der Waals surface area contributed by atoms with Crippen molar-refractivity contribution in [1.29, 1.82) is 0 Å². The number of aromatic hydroxyl groups is 1. The quantitative estimate of drug-likeness (QED) is 0.191. The number of phenolic OH excluding ortho intramolecular Hbond substituents is 1. The molecule has 13 heteroatoms. The van der Waals surface area contributed by atoms with E-state index in [0.717, 1.165) is 25.9 Å². The summed E-state index contributed by atoms with van der Waals surface area (Å²) in [7, 11) is 3.07. The van der Waals surface area contributed by atoms with Crippen LogP contribution in [0.25, 0.3) is 0 Å². The first-order chi connectivity index (χ1) is 24.1. The minimum absolute atomic E-state index is 0.0404. The summed E-state index contributed by atoms with van der Waals surface area (Å²) in [4.78, 5) is 31.0. The number of piperidine rings is 3. The highest BCUT2D eigenvalue weighted by Crippen LogP contribution is 2.39. The van der Waals surface area contributed by atoms with E-state index in [0.29, 0.717) is 68.5 Å². The van der Waals surface area contributed by atoms with Gasteiger partial charge in [0, 0.05) is 24.2 Å². The smallest absolute Gasteiger partial charge is 0.414 e. The Morgan fingerprint density at radius 2 is 1.74 bits per heavy atom. The van der Waals surface area contributed by atoms with Gasteiger partial charge in [0.15, 0.2) is 11.5 Å². The first-order valence-electron chi connectivity index (χ1n) is 16.3. The Morgan fingerprint density at radius 1 is 1.00 bits per heavy atom. The van der Waals surface area contributed by atoms with E-state index in [1.165, 1.54) is 18.1 Å². The second-order valence-electron chi connectivity index (χ2n) is 12.4. The number of hydrogen-bond acceptors (Lipinski definition) is 9. The SMILES string of the molecule is COc1ccc([C@H](CC2=C(Cl)CNC=C2Cl)OC(=O)c2ccc(CN(C(=O)O[C@H]3CN4CCC3CC4)c3cccc(O)c3Cl)cc2)cc1OC. The van der Waals surface area contributed by atoms with Crippen molar-refractivity contribution < 1.29 is 33.6 Å². The van der Waals surface area contributed by atoms with Gasteiger partial charge in [-0.2, -0.15) is 0 Å². The zero-order chi connectivity index (χ0) is 35.4. The summed E-state index contributed by atoms with van der Waals surface area (Å²) in [6.07, 6.45) is 2.31. The second-order valence-corrected chi connectivity index (χ2v) is 13.7. The van der Waals surface area contributed by atoms with Crippen LogP contribution in [0.15, 0.2) is 82.5 Å². The molecule has 2 N–H and O–H groups in total. The van der Waals surface area contributed by atoms with Crippen LogP contribution in [-0.2, 0) is 16.0 Å². The molecule has 2 bridgehead atoms. The van der Waals surface area contributed by atoms with Gasteiger partial charge in [0.05, 0.1) is 43.6 Å². The Kier molecular flexibility index (Phi) is 11.3. The molecular formula is C37H38Cl3N3O7. The zero-order valence-corrected chi connectivity index (χ0v) is 29.9. The number of nitrogens with zero attached hydrogens (tertiary/aromatic N) is 2. The molecule has 0 aliphatic carbocycles. The number of anilines is 1. The molecule has 0 saturated carbocycles. The Labute approximate surface area is 306 Å². The van der Waals surface area contributed by atoms with Crippen molar-refractivity contribution in [3.05, 3.63) is 104 Å². The van der Waals surface area contributed by atoms with Gasteiger partial charge in [-0.1, -0.05) is 59.1 Å². The summed E-state index contributed by atoms with van der Waals surface area (Å²) in [5, 5.41) is 14.3. The van der Waals surface area contributed by atoms with Gasteiger partial charge in [0.2, 0.25) is 0 Å². The van der Waals surface area contributed by atoms with Crippen molar-refractivity contribution in [1.82, 2.24) is 10.2 Å². The number of fused-ring (bicyclic) bond motifs is 3. The first kappa shape index (κ1) is 35.7. The number of benzene rings is 3. The van der Waals surface area contributed by atoms with Crippen LogP contribution in [-0.4, -0.2) is 68.6 Å². The van der Waals surface area contributed by atoms with E-state index in [2.05, 4.69) is 10.2 Å². The molecule has 2 atom stereocenters. The standard InChI is InChI=1S/C37H38Cl3N3O7/c1-47-31-11-10-25(16-33(31)48-2)32(17-26-27(38)18-41-19-28(26)39)49-36(45)24-8-6-22(7-9-24)20-43(29-4-3-5-30(44)35(29)40)37(46)50-34-21-42-14-12-23(34)13-15-42/h3-11,16,18,23,32,34,41,44H,12-15,17,19-21H2,1-2H3/t32-,34-/m0/s1.